The first kappa shape index (κ1) is 24.4. The molecule has 1 N–H and O–H groups in total. The van der Waals surface area contributed by atoms with Crippen molar-refractivity contribution in [1.29, 1.82) is 5.26 Å². The van der Waals surface area contributed by atoms with E-state index in [1.807, 2.05) is 62.4 Å². The van der Waals surface area contributed by atoms with Crippen LogP contribution >= 0.6 is 0 Å². The van der Waals surface area contributed by atoms with Gasteiger partial charge in [-0.1, -0.05) is 36.4 Å². The highest BCUT2D eigenvalue weighted by atomic mass is 16.2. The number of piperazine rings is 1. The second-order valence-electron chi connectivity index (χ2n) is 8.54. The van der Waals surface area contributed by atoms with Crippen LogP contribution in [0.5, 0.6) is 0 Å². The number of carbonyl (C=O) groups excluding carboxylic acids is 2. The smallest absolute Gasteiger partial charge is 0.241 e. The Labute approximate surface area is 196 Å². The number of nitriles is 1. The maximum absolute atomic E-state index is 13.1. The lowest BCUT2D eigenvalue weighted by atomic mass is 10.1. The van der Waals surface area contributed by atoms with Gasteiger partial charge in [0, 0.05) is 45.0 Å². The van der Waals surface area contributed by atoms with Crippen molar-refractivity contribution in [3.05, 3.63) is 65.2 Å². The van der Waals surface area contributed by atoms with E-state index in [1.165, 1.54) is 5.56 Å². The normalized spacial score (nSPS) is 14.5. The molecule has 0 aromatic heterocycles. The number of carbonyl (C=O) groups is 2. The topological polar surface area (TPSA) is 79.7 Å². The third-order valence-corrected chi connectivity index (χ3v) is 6.07. The predicted molar refractivity (Wildman–Crippen MR) is 130 cm³/mol. The number of nitrogens with zero attached hydrogens (tertiary/aromatic N) is 4. The second kappa shape index (κ2) is 12.1. The van der Waals surface area contributed by atoms with Crippen LogP contribution in [0.3, 0.4) is 0 Å². The van der Waals surface area contributed by atoms with Crippen molar-refractivity contribution in [3.8, 4) is 6.07 Å². The number of rotatable bonds is 9. The third kappa shape index (κ3) is 7.41. The molecule has 0 bridgehead atoms. The first-order valence-corrected chi connectivity index (χ1v) is 11.5. The molecule has 2 aromatic rings. The average molecular weight is 448 g/mol. The van der Waals surface area contributed by atoms with Crippen molar-refractivity contribution >= 4 is 17.5 Å². The number of aryl methyl sites for hydroxylation is 2. The van der Waals surface area contributed by atoms with Crippen LogP contribution in [0, 0.1) is 25.2 Å². The molecule has 0 saturated carbocycles. The van der Waals surface area contributed by atoms with Gasteiger partial charge >= 0.3 is 0 Å². The van der Waals surface area contributed by atoms with Crippen LogP contribution in [-0.4, -0.2) is 67.4 Å². The fraction of sp³-hybridized carbons (Fsp3) is 0.423. The molecule has 1 saturated heterocycles. The Morgan fingerprint density at radius 1 is 0.970 bits per heavy atom. The van der Waals surface area contributed by atoms with Gasteiger partial charge in [0.05, 0.1) is 25.6 Å². The maximum atomic E-state index is 13.1. The molecule has 1 heterocycles. The van der Waals surface area contributed by atoms with Crippen LogP contribution in [0.4, 0.5) is 5.69 Å². The van der Waals surface area contributed by atoms with E-state index in [-0.39, 0.29) is 11.8 Å². The van der Waals surface area contributed by atoms with Crippen LogP contribution < -0.4 is 10.2 Å². The molecule has 3 rings (SSSR count). The second-order valence-corrected chi connectivity index (χ2v) is 8.54. The molecule has 2 aromatic carbocycles. The van der Waals surface area contributed by atoms with Crippen molar-refractivity contribution in [2.45, 2.75) is 26.8 Å². The van der Waals surface area contributed by atoms with E-state index in [2.05, 4.69) is 21.2 Å². The molecule has 0 radical (unpaired) electrons. The highest BCUT2D eigenvalue weighted by Gasteiger charge is 2.23. The maximum Gasteiger partial charge on any atom is 0.241 e. The van der Waals surface area contributed by atoms with Gasteiger partial charge in [0.1, 0.15) is 0 Å². The minimum Gasteiger partial charge on any atom is -0.351 e. The fourth-order valence-electron chi connectivity index (χ4n) is 3.89. The first-order chi connectivity index (χ1) is 16.0. The first-order valence-electron chi connectivity index (χ1n) is 11.5. The Kier molecular flexibility index (Phi) is 8.99. The molecule has 1 fully saturated rings. The Balaban J connectivity index is 1.47. The average Bonchev–Trinajstić information content (AvgIpc) is 2.82. The molecule has 2 amide bonds. The minimum atomic E-state index is 0.00237. The van der Waals surface area contributed by atoms with E-state index in [4.69, 9.17) is 5.26 Å². The SMILES string of the molecule is Cc1ccc(N(CCC#N)C(=O)CN2CCN(CC(=O)NCc3ccccc3)CC2)cc1C. The van der Waals surface area contributed by atoms with Gasteiger partial charge < -0.3 is 10.2 Å². The summed E-state index contributed by atoms with van der Waals surface area (Å²) in [6.07, 6.45) is 0.296. The number of hydrogen-bond donors (Lipinski definition) is 1. The zero-order chi connectivity index (χ0) is 23.6. The van der Waals surface area contributed by atoms with E-state index in [0.717, 1.165) is 43.0 Å². The van der Waals surface area contributed by atoms with Gasteiger partial charge in [0.25, 0.3) is 0 Å². The van der Waals surface area contributed by atoms with Crippen LogP contribution in [0.1, 0.15) is 23.1 Å². The summed E-state index contributed by atoms with van der Waals surface area (Å²) in [7, 11) is 0. The van der Waals surface area contributed by atoms with E-state index in [1.54, 1.807) is 4.90 Å². The summed E-state index contributed by atoms with van der Waals surface area (Å²) in [5, 5.41) is 12.0. The summed E-state index contributed by atoms with van der Waals surface area (Å²) in [6.45, 7) is 8.63. The van der Waals surface area contributed by atoms with Crippen LogP contribution in [0.15, 0.2) is 48.5 Å². The summed E-state index contributed by atoms with van der Waals surface area (Å²) in [5.74, 6) is 0.0170. The van der Waals surface area contributed by atoms with Crippen molar-refractivity contribution in [1.82, 2.24) is 15.1 Å². The number of nitrogens with one attached hydrogen (secondary N) is 1. The number of benzene rings is 2. The van der Waals surface area contributed by atoms with Crippen molar-refractivity contribution in [3.63, 3.8) is 0 Å². The van der Waals surface area contributed by atoms with E-state index < -0.39 is 0 Å². The standard InChI is InChI=1S/C26H33N5O2/c1-21-9-10-24(17-22(21)2)31(12-6-11-27)26(33)20-30-15-13-29(14-16-30)19-25(32)28-18-23-7-4-3-5-8-23/h3-5,7-10,17H,6,12-16,18-20H2,1-2H3,(H,28,32). The number of amides is 2. The summed E-state index contributed by atoms with van der Waals surface area (Å²) in [5.41, 5.74) is 4.22. The lowest BCUT2D eigenvalue weighted by Crippen LogP contribution is -2.52. The molecule has 0 atom stereocenters. The van der Waals surface area contributed by atoms with Crippen LogP contribution in [0.2, 0.25) is 0 Å². The quantitative estimate of drug-likeness (QED) is 0.639. The number of hydrogen-bond acceptors (Lipinski definition) is 5. The van der Waals surface area contributed by atoms with Gasteiger partial charge in [-0.15, -0.1) is 0 Å². The molecule has 7 heteroatoms. The van der Waals surface area contributed by atoms with Crippen LogP contribution in [0.25, 0.3) is 0 Å². The zero-order valence-corrected chi connectivity index (χ0v) is 19.6. The summed E-state index contributed by atoms with van der Waals surface area (Å²) in [4.78, 5) is 31.3. The van der Waals surface area contributed by atoms with Crippen LogP contribution in [-0.2, 0) is 16.1 Å². The minimum absolute atomic E-state index is 0.00237. The van der Waals surface area contributed by atoms with Gasteiger partial charge in [-0.05, 0) is 42.7 Å². The zero-order valence-electron chi connectivity index (χ0n) is 19.6. The molecule has 174 valence electrons. The summed E-state index contributed by atoms with van der Waals surface area (Å²) in [6, 6.07) is 18.0. The molecule has 1 aliphatic rings. The lowest BCUT2D eigenvalue weighted by molar-refractivity contribution is -0.124. The highest BCUT2D eigenvalue weighted by molar-refractivity contribution is 5.95. The van der Waals surface area contributed by atoms with Gasteiger partial charge in [0.15, 0.2) is 0 Å². The lowest BCUT2D eigenvalue weighted by Gasteiger charge is -2.35. The predicted octanol–water partition coefficient (Wildman–Crippen LogP) is 2.48. The molecule has 7 nitrogen and oxygen atoms in total. The molecule has 33 heavy (non-hydrogen) atoms. The monoisotopic (exact) mass is 447 g/mol. The number of anilines is 1. The van der Waals surface area contributed by atoms with E-state index in [9.17, 15) is 9.59 Å². The fourth-order valence-corrected chi connectivity index (χ4v) is 3.89. The Morgan fingerprint density at radius 3 is 2.27 bits per heavy atom. The van der Waals surface area contributed by atoms with Gasteiger partial charge in [-0.3, -0.25) is 19.4 Å². The Hall–Kier alpha value is -3.21. The van der Waals surface area contributed by atoms with E-state index >= 15 is 0 Å². The van der Waals surface area contributed by atoms with E-state index in [0.29, 0.717) is 32.6 Å². The molecule has 0 spiro atoms. The summed E-state index contributed by atoms with van der Waals surface area (Å²) >= 11 is 0. The van der Waals surface area contributed by atoms with Crippen molar-refractivity contribution < 1.29 is 9.59 Å². The molecular weight excluding hydrogens is 414 g/mol. The molecule has 0 unspecified atom stereocenters. The highest BCUT2D eigenvalue weighted by Crippen LogP contribution is 2.20. The van der Waals surface area contributed by atoms with Crippen molar-refractivity contribution in [2.24, 2.45) is 0 Å². The molecule has 0 aliphatic carbocycles. The third-order valence-electron chi connectivity index (χ3n) is 6.07. The Bertz CT molecular complexity index is 978. The van der Waals surface area contributed by atoms with Gasteiger partial charge in [-0.2, -0.15) is 5.26 Å². The molecular formula is C26H33N5O2. The molecule has 1 aliphatic heterocycles. The largest absolute Gasteiger partial charge is 0.351 e. The van der Waals surface area contributed by atoms with Gasteiger partial charge in [0.2, 0.25) is 11.8 Å². The Morgan fingerprint density at radius 2 is 1.64 bits per heavy atom. The summed E-state index contributed by atoms with van der Waals surface area (Å²) < 4.78 is 0. The van der Waals surface area contributed by atoms with Crippen molar-refractivity contribution in [2.75, 3.05) is 50.7 Å². The van der Waals surface area contributed by atoms with Gasteiger partial charge in [-0.25, -0.2) is 0 Å².